The average molecular weight is 281 g/mol. The molecule has 0 radical (unpaired) electrons. The maximum Gasteiger partial charge on any atom is 0.212 e. The zero-order valence-corrected chi connectivity index (χ0v) is 11.8. The maximum atomic E-state index is 10.5. The number of anilines is 1. The highest BCUT2D eigenvalue weighted by molar-refractivity contribution is 5.90. The predicted molar refractivity (Wildman–Crippen MR) is 82.4 cm³/mol. The molecule has 3 rings (SSSR count). The van der Waals surface area contributed by atoms with Crippen LogP contribution in [0.1, 0.15) is 0 Å². The summed E-state index contributed by atoms with van der Waals surface area (Å²) in [5.74, 6) is 1.36. The first-order valence-corrected chi connectivity index (χ1v) is 6.53. The molecule has 5 heteroatoms. The molecule has 0 unspecified atom stereocenters. The van der Waals surface area contributed by atoms with E-state index >= 15 is 0 Å². The van der Waals surface area contributed by atoms with Gasteiger partial charge in [0, 0.05) is 18.0 Å². The molecule has 0 bridgehead atoms. The number of hydrogen-bond donors (Lipinski definition) is 1. The Morgan fingerprint density at radius 3 is 2.86 bits per heavy atom. The van der Waals surface area contributed by atoms with Crippen molar-refractivity contribution in [3.05, 3.63) is 42.6 Å². The Morgan fingerprint density at radius 2 is 2.10 bits per heavy atom. The lowest BCUT2D eigenvalue weighted by Gasteiger charge is -2.09. The second-order valence-corrected chi connectivity index (χ2v) is 4.68. The highest BCUT2D eigenvalue weighted by atomic mass is 16.5. The minimum Gasteiger partial charge on any atom is -0.496 e. The molecule has 21 heavy (non-hydrogen) atoms. The van der Waals surface area contributed by atoms with E-state index in [0.717, 1.165) is 27.9 Å². The molecule has 0 fully saturated rings. The van der Waals surface area contributed by atoms with Gasteiger partial charge in [0.05, 0.1) is 24.5 Å². The van der Waals surface area contributed by atoms with E-state index < -0.39 is 0 Å². The average Bonchev–Trinajstić information content (AvgIpc) is 2.84. The molecular weight excluding hydrogens is 266 g/mol. The Balaban J connectivity index is 2.19. The van der Waals surface area contributed by atoms with Gasteiger partial charge < -0.3 is 14.6 Å². The molecule has 0 spiro atoms. The number of pyridine rings is 1. The van der Waals surface area contributed by atoms with Crippen molar-refractivity contribution < 1.29 is 9.53 Å². The third kappa shape index (κ3) is 2.23. The number of rotatable bonds is 4. The van der Waals surface area contributed by atoms with Crippen LogP contribution >= 0.6 is 0 Å². The molecule has 0 aliphatic heterocycles. The molecule has 2 aromatic heterocycles. The molecule has 0 aliphatic rings. The van der Waals surface area contributed by atoms with Gasteiger partial charge in [-0.05, 0) is 24.3 Å². The number of para-hydroxylation sites is 1. The number of aryl methyl sites for hydroxylation is 1. The summed E-state index contributed by atoms with van der Waals surface area (Å²) in [4.78, 5) is 14.7. The van der Waals surface area contributed by atoms with Gasteiger partial charge in [-0.15, -0.1) is 0 Å². The first-order valence-electron chi connectivity index (χ1n) is 6.53. The van der Waals surface area contributed by atoms with Crippen molar-refractivity contribution in [2.24, 2.45) is 7.05 Å². The molecule has 0 saturated carbocycles. The van der Waals surface area contributed by atoms with Crippen LogP contribution in [-0.2, 0) is 11.8 Å². The van der Waals surface area contributed by atoms with Crippen molar-refractivity contribution in [2.75, 3.05) is 12.4 Å². The van der Waals surface area contributed by atoms with Crippen molar-refractivity contribution in [1.82, 2.24) is 9.55 Å². The van der Waals surface area contributed by atoms with E-state index in [9.17, 15) is 4.79 Å². The highest BCUT2D eigenvalue weighted by Gasteiger charge is 2.12. The summed E-state index contributed by atoms with van der Waals surface area (Å²) in [7, 11) is 3.65. The van der Waals surface area contributed by atoms with Gasteiger partial charge in [-0.3, -0.25) is 4.79 Å². The van der Waals surface area contributed by atoms with Crippen LogP contribution in [0.25, 0.3) is 22.2 Å². The lowest BCUT2D eigenvalue weighted by molar-refractivity contribution is -0.105. The van der Waals surface area contributed by atoms with E-state index in [2.05, 4.69) is 20.9 Å². The fourth-order valence-electron chi connectivity index (χ4n) is 2.49. The van der Waals surface area contributed by atoms with E-state index in [1.165, 1.54) is 0 Å². The summed E-state index contributed by atoms with van der Waals surface area (Å²) in [6, 6.07) is 11.8. The molecule has 1 N–H and O–H groups in total. The van der Waals surface area contributed by atoms with Gasteiger partial charge in [-0.25, -0.2) is 4.98 Å². The minimum absolute atomic E-state index is 0.537. The van der Waals surface area contributed by atoms with Crippen LogP contribution in [0, 0.1) is 0 Å². The number of nitrogens with one attached hydrogen (secondary N) is 1. The normalized spacial score (nSPS) is 10.6. The summed E-state index contributed by atoms with van der Waals surface area (Å²) in [6.45, 7) is 0. The van der Waals surface area contributed by atoms with E-state index in [4.69, 9.17) is 4.74 Å². The molecule has 0 aliphatic carbocycles. The minimum atomic E-state index is 0.537. The van der Waals surface area contributed by atoms with Crippen LogP contribution in [0.2, 0.25) is 0 Å². The third-order valence-corrected chi connectivity index (χ3v) is 3.52. The summed E-state index contributed by atoms with van der Waals surface area (Å²) in [5.41, 5.74) is 3.04. The van der Waals surface area contributed by atoms with E-state index in [0.29, 0.717) is 12.2 Å². The quantitative estimate of drug-likeness (QED) is 0.748. The second kappa shape index (κ2) is 5.28. The van der Waals surface area contributed by atoms with Gasteiger partial charge >= 0.3 is 0 Å². The monoisotopic (exact) mass is 281 g/mol. The number of ether oxygens (including phenoxy) is 1. The number of carbonyl (C=O) groups excluding carboxylic acids is 1. The molecule has 2 heterocycles. The van der Waals surface area contributed by atoms with Gasteiger partial charge in [-0.2, -0.15) is 0 Å². The number of nitrogens with zero attached hydrogens (tertiary/aromatic N) is 2. The Hall–Kier alpha value is -2.82. The fraction of sp³-hybridized carbons (Fsp3) is 0.125. The largest absolute Gasteiger partial charge is 0.496 e. The van der Waals surface area contributed by atoms with E-state index in [1.54, 1.807) is 13.3 Å². The van der Waals surface area contributed by atoms with Crippen molar-refractivity contribution in [3.63, 3.8) is 0 Å². The smallest absolute Gasteiger partial charge is 0.212 e. The molecule has 1 aromatic carbocycles. The molecule has 5 nitrogen and oxygen atoms in total. The van der Waals surface area contributed by atoms with Gasteiger partial charge in [-0.1, -0.05) is 12.1 Å². The summed E-state index contributed by atoms with van der Waals surface area (Å²) in [6.07, 6.45) is 2.37. The summed E-state index contributed by atoms with van der Waals surface area (Å²) in [5, 5.41) is 3.58. The van der Waals surface area contributed by atoms with Crippen LogP contribution in [-0.4, -0.2) is 23.1 Å². The van der Waals surface area contributed by atoms with Gasteiger partial charge in [0.25, 0.3) is 0 Å². The molecule has 0 saturated heterocycles. The van der Waals surface area contributed by atoms with Crippen molar-refractivity contribution in [1.29, 1.82) is 0 Å². The van der Waals surface area contributed by atoms with Crippen LogP contribution in [0.3, 0.4) is 0 Å². The van der Waals surface area contributed by atoms with E-state index in [-0.39, 0.29) is 0 Å². The molecule has 1 amide bonds. The van der Waals surface area contributed by atoms with Crippen molar-refractivity contribution in [3.8, 4) is 17.0 Å². The number of hydrogen-bond acceptors (Lipinski definition) is 3. The Bertz CT molecular complexity index is 808. The second-order valence-electron chi connectivity index (χ2n) is 4.68. The molecule has 3 aromatic rings. The Labute approximate surface area is 122 Å². The number of methoxy groups -OCH3 is 1. The molecule has 0 atom stereocenters. The van der Waals surface area contributed by atoms with Gasteiger partial charge in [0.1, 0.15) is 11.6 Å². The third-order valence-electron chi connectivity index (χ3n) is 3.52. The van der Waals surface area contributed by atoms with Gasteiger partial charge in [0.2, 0.25) is 6.41 Å². The SMILES string of the molecule is COc1ccccc1-c1cc2cc(NC=O)ncc2n1C. The number of aromatic nitrogens is 2. The van der Waals surface area contributed by atoms with Crippen LogP contribution in [0.4, 0.5) is 5.82 Å². The van der Waals surface area contributed by atoms with Crippen LogP contribution in [0.5, 0.6) is 5.75 Å². The lowest BCUT2D eigenvalue weighted by atomic mass is 10.1. The van der Waals surface area contributed by atoms with Crippen LogP contribution in [0.15, 0.2) is 42.6 Å². The standard InChI is InChI=1S/C16H15N3O2/c1-19-13(12-5-3-4-6-15(12)21-2)7-11-8-16(18-10-20)17-9-14(11)19/h3-10H,1-2H3,(H,17,18,20). The predicted octanol–water partition coefficient (Wildman–Crippen LogP) is 2.82. The summed E-state index contributed by atoms with van der Waals surface area (Å²) >= 11 is 0. The zero-order valence-electron chi connectivity index (χ0n) is 11.8. The van der Waals surface area contributed by atoms with Crippen LogP contribution < -0.4 is 10.1 Å². The maximum absolute atomic E-state index is 10.5. The number of carbonyl (C=O) groups is 1. The lowest BCUT2D eigenvalue weighted by Crippen LogP contribution is -1.97. The Kier molecular flexibility index (Phi) is 3.31. The molecular formula is C16H15N3O2. The number of fused-ring (bicyclic) bond motifs is 1. The first kappa shape index (κ1) is 13.2. The zero-order chi connectivity index (χ0) is 14.8. The Morgan fingerprint density at radius 1 is 1.29 bits per heavy atom. The first-order chi connectivity index (χ1) is 10.2. The number of amides is 1. The topological polar surface area (TPSA) is 56.1 Å². The summed E-state index contributed by atoms with van der Waals surface area (Å²) < 4.78 is 7.49. The van der Waals surface area contributed by atoms with Crippen molar-refractivity contribution >= 4 is 23.1 Å². The van der Waals surface area contributed by atoms with Crippen molar-refractivity contribution in [2.45, 2.75) is 0 Å². The van der Waals surface area contributed by atoms with Gasteiger partial charge in [0.15, 0.2) is 0 Å². The highest BCUT2D eigenvalue weighted by Crippen LogP contribution is 2.33. The molecule has 106 valence electrons. The van der Waals surface area contributed by atoms with E-state index in [1.807, 2.05) is 37.4 Å². The fourth-order valence-corrected chi connectivity index (χ4v) is 2.49. The number of benzene rings is 1.